The summed E-state index contributed by atoms with van der Waals surface area (Å²) in [7, 11) is 0. The monoisotopic (exact) mass is 326 g/mol. The number of hydrogen-bond donors (Lipinski definition) is 0. The number of carbonyl (C=O) groups excluding carboxylic acids is 1. The smallest absolute Gasteiger partial charge is 0.135 e. The SMILES string of the molecule is CCCOc1ccc(Br)cc1CCCC(=O)C(C)C. The summed E-state index contributed by atoms with van der Waals surface area (Å²) in [5, 5.41) is 0. The fourth-order valence-electron chi connectivity index (χ4n) is 1.84. The van der Waals surface area contributed by atoms with Crippen molar-refractivity contribution < 1.29 is 9.53 Å². The Balaban J connectivity index is 2.60. The van der Waals surface area contributed by atoms with Gasteiger partial charge in [-0.25, -0.2) is 0 Å². The predicted molar refractivity (Wildman–Crippen MR) is 82.7 cm³/mol. The largest absolute Gasteiger partial charge is 0.493 e. The third kappa shape index (κ3) is 5.77. The number of rotatable bonds is 8. The molecule has 3 heteroatoms. The standard InChI is InChI=1S/C16H23BrO2/c1-4-10-19-16-9-8-14(17)11-13(16)6-5-7-15(18)12(2)3/h8-9,11-12H,4-7,10H2,1-3H3. The number of carbonyl (C=O) groups is 1. The first kappa shape index (κ1) is 16.2. The van der Waals surface area contributed by atoms with Crippen LogP contribution >= 0.6 is 15.9 Å². The Kier molecular flexibility index (Phi) is 7.14. The Bertz CT molecular complexity index is 413. The van der Waals surface area contributed by atoms with E-state index in [0.29, 0.717) is 12.2 Å². The minimum absolute atomic E-state index is 0.137. The van der Waals surface area contributed by atoms with E-state index in [4.69, 9.17) is 4.74 Å². The van der Waals surface area contributed by atoms with Crippen LogP contribution in [0.25, 0.3) is 0 Å². The molecule has 0 heterocycles. The van der Waals surface area contributed by atoms with Crippen LogP contribution in [0.4, 0.5) is 0 Å². The fraction of sp³-hybridized carbons (Fsp3) is 0.562. The van der Waals surface area contributed by atoms with E-state index in [-0.39, 0.29) is 5.92 Å². The molecule has 0 N–H and O–H groups in total. The molecule has 1 aromatic rings. The summed E-state index contributed by atoms with van der Waals surface area (Å²) in [5.74, 6) is 1.42. The van der Waals surface area contributed by atoms with Crippen LogP contribution in [0.15, 0.2) is 22.7 Å². The van der Waals surface area contributed by atoms with Gasteiger partial charge in [-0.15, -0.1) is 0 Å². The number of halogens is 1. The van der Waals surface area contributed by atoms with Crippen molar-refractivity contribution in [2.45, 2.75) is 46.5 Å². The highest BCUT2D eigenvalue weighted by molar-refractivity contribution is 9.10. The van der Waals surface area contributed by atoms with E-state index < -0.39 is 0 Å². The van der Waals surface area contributed by atoms with Crippen LogP contribution in [0.2, 0.25) is 0 Å². The molecule has 19 heavy (non-hydrogen) atoms. The maximum absolute atomic E-state index is 11.6. The first-order chi connectivity index (χ1) is 9.04. The second kappa shape index (κ2) is 8.36. The second-order valence-electron chi connectivity index (χ2n) is 5.08. The maximum Gasteiger partial charge on any atom is 0.135 e. The van der Waals surface area contributed by atoms with Gasteiger partial charge in [-0.3, -0.25) is 4.79 Å². The molecule has 0 atom stereocenters. The highest BCUT2D eigenvalue weighted by Gasteiger charge is 2.09. The third-order valence-electron chi connectivity index (χ3n) is 3.00. The van der Waals surface area contributed by atoms with Gasteiger partial charge < -0.3 is 4.74 Å². The van der Waals surface area contributed by atoms with Crippen molar-refractivity contribution in [3.8, 4) is 5.75 Å². The molecule has 0 saturated carbocycles. The first-order valence-corrected chi connectivity index (χ1v) is 7.77. The highest BCUT2D eigenvalue weighted by atomic mass is 79.9. The summed E-state index contributed by atoms with van der Waals surface area (Å²) < 4.78 is 6.80. The molecule has 106 valence electrons. The number of ketones is 1. The van der Waals surface area contributed by atoms with Crippen LogP contribution in [-0.2, 0) is 11.2 Å². The van der Waals surface area contributed by atoms with Gasteiger partial charge in [0, 0.05) is 16.8 Å². The lowest BCUT2D eigenvalue weighted by Crippen LogP contribution is -2.07. The normalized spacial score (nSPS) is 10.8. The topological polar surface area (TPSA) is 26.3 Å². The van der Waals surface area contributed by atoms with E-state index in [1.165, 1.54) is 5.56 Å². The Morgan fingerprint density at radius 3 is 2.74 bits per heavy atom. The van der Waals surface area contributed by atoms with Gasteiger partial charge in [0.25, 0.3) is 0 Å². The molecule has 0 spiro atoms. The van der Waals surface area contributed by atoms with Crippen LogP contribution in [0.5, 0.6) is 5.75 Å². The van der Waals surface area contributed by atoms with Crippen molar-refractivity contribution in [3.63, 3.8) is 0 Å². The van der Waals surface area contributed by atoms with E-state index in [2.05, 4.69) is 28.9 Å². The Hall–Kier alpha value is -0.830. The van der Waals surface area contributed by atoms with E-state index in [1.807, 2.05) is 26.0 Å². The van der Waals surface area contributed by atoms with Crippen LogP contribution < -0.4 is 4.74 Å². The van der Waals surface area contributed by atoms with Crippen LogP contribution in [0.1, 0.15) is 45.6 Å². The molecular weight excluding hydrogens is 304 g/mol. The lowest BCUT2D eigenvalue weighted by Gasteiger charge is -2.11. The van der Waals surface area contributed by atoms with E-state index in [1.54, 1.807) is 0 Å². The molecule has 0 saturated heterocycles. The summed E-state index contributed by atoms with van der Waals surface area (Å²) in [4.78, 5) is 11.6. The third-order valence-corrected chi connectivity index (χ3v) is 3.49. The van der Waals surface area contributed by atoms with Crippen molar-refractivity contribution in [1.82, 2.24) is 0 Å². The zero-order valence-corrected chi connectivity index (χ0v) is 13.6. The second-order valence-corrected chi connectivity index (χ2v) is 5.99. The van der Waals surface area contributed by atoms with Crippen molar-refractivity contribution in [2.75, 3.05) is 6.61 Å². The predicted octanol–water partition coefficient (Wildman–Crippen LogP) is 4.79. The lowest BCUT2D eigenvalue weighted by atomic mass is 10.0. The van der Waals surface area contributed by atoms with Crippen LogP contribution in [0.3, 0.4) is 0 Å². The quantitative estimate of drug-likeness (QED) is 0.686. The number of ether oxygens (including phenoxy) is 1. The number of Topliss-reactive ketones (excluding diaryl/α,β-unsaturated/α-hetero) is 1. The summed E-state index contributed by atoms with van der Waals surface area (Å²) in [6, 6.07) is 6.08. The molecule has 0 aliphatic heterocycles. The summed E-state index contributed by atoms with van der Waals surface area (Å²) >= 11 is 3.49. The van der Waals surface area contributed by atoms with Gasteiger partial charge >= 0.3 is 0 Å². The zero-order valence-electron chi connectivity index (χ0n) is 12.0. The molecular formula is C16H23BrO2. The van der Waals surface area contributed by atoms with Crippen LogP contribution in [0, 0.1) is 5.92 Å². The maximum atomic E-state index is 11.6. The van der Waals surface area contributed by atoms with Crippen molar-refractivity contribution in [2.24, 2.45) is 5.92 Å². The summed E-state index contributed by atoms with van der Waals surface area (Å²) in [6.45, 7) is 6.74. The Morgan fingerprint density at radius 2 is 2.11 bits per heavy atom. The highest BCUT2D eigenvalue weighted by Crippen LogP contribution is 2.25. The minimum atomic E-state index is 0.137. The summed E-state index contributed by atoms with van der Waals surface area (Å²) in [5.41, 5.74) is 1.18. The molecule has 0 fully saturated rings. The lowest BCUT2D eigenvalue weighted by molar-refractivity contribution is -0.121. The average molecular weight is 327 g/mol. The van der Waals surface area contributed by atoms with E-state index in [0.717, 1.165) is 36.1 Å². The van der Waals surface area contributed by atoms with Gasteiger partial charge in [-0.1, -0.05) is 36.7 Å². The molecule has 0 unspecified atom stereocenters. The Labute approximate surface area is 124 Å². The number of hydrogen-bond acceptors (Lipinski definition) is 2. The molecule has 0 bridgehead atoms. The van der Waals surface area contributed by atoms with Crippen molar-refractivity contribution >= 4 is 21.7 Å². The molecule has 0 aliphatic rings. The van der Waals surface area contributed by atoms with Gasteiger partial charge in [0.05, 0.1) is 6.61 Å². The Morgan fingerprint density at radius 1 is 1.37 bits per heavy atom. The van der Waals surface area contributed by atoms with Gasteiger partial charge in [0.1, 0.15) is 11.5 Å². The van der Waals surface area contributed by atoms with Gasteiger partial charge in [-0.05, 0) is 43.0 Å². The molecule has 0 amide bonds. The van der Waals surface area contributed by atoms with E-state index >= 15 is 0 Å². The van der Waals surface area contributed by atoms with Gasteiger partial charge in [0.15, 0.2) is 0 Å². The fourth-order valence-corrected chi connectivity index (χ4v) is 2.25. The first-order valence-electron chi connectivity index (χ1n) is 6.98. The van der Waals surface area contributed by atoms with Crippen molar-refractivity contribution in [1.29, 1.82) is 0 Å². The van der Waals surface area contributed by atoms with Crippen molar-refractivity contribution in [3.05, 3.63) is 28.2 Å². The molecule has 1 aromatic carbocycles. The zero-order chi connectivity index (χ0) is 14.3. The molecule has 0 aliphatic carbocycles. The molecule has 1 rings (SSSR count). The average Bonchev–Trinajstić information content (AvgIpc) is 2.37. The molecule has 0 aromatic heterocycles. The van der Waals surface area contributed by atoms with Gasteiger partial charge in [-0.2, -0.15) is 0 Å². The molecule has 2 nitrogen and oxygen atoms in total. The number of benzene rings is 1. The van der Waals surface area contributed by atoms with Crippen LogP contribution in [-0.4, -0.2) is 12.4 Å². The van der Waals surface area contributed by atoms with E-state index in [9.17, 15) is 4.79 Å². The van der Waals surface area contributed by atoms with Gasteiger partial charge in [0.2, 0.25) is 0 Å². The molecule has 0 radical (unpaired) electrons. The minimum Gasteiger partial charge on any atom is -0.493 e. The summed E-state index contributed by atoms with van der Waals surface area (Å²) in [6.07, 6.45) is 3.42. The number of aryl methyl sites for hydroxylation is 1.